The molecule has 0 aliphatic heterocycles. The molecule has 1 atom stereocenters. The Morgan fingerprint density at radius 2 is 2.24 bits per heavy atom. The summed E-state index contributed by atoms with van der Waals surface area (Å²) in [5.74, 6) is 0.0633. The minimum atomic E-state index is 0.0633. The lowest BCUT2D eigenvalue weighted by molar-refractivity contribution is -0.121. The zero-order valence-electron chi connectivity index (χ0n) is 12.3. The van der Waals surface area contributed by atoms with Crippen LogP contribution in [0.2, 0.25) is 5.02 Å². The first kappa shape index (κ1) is 15.6. The number of hydrogen-bond donors (Lipinski definition) is 1. The normalized spacial score (nSPS) is 12.1. The number of carbonyl (C=O) groups excluding carboxylic acids is 1. The molecule has 1 amide bonds. The molecule has 5 heteroatoms. The molecule has 4 nitrogen and oxygen atoms in total. The molecule has 1 unspecified atom stereocenters. The van der Waals surface area contributed by atoms with Gasteiger partial charge in [0.1, 0.15) is 0 Å². The van der Waals surface area contributed by atoms with Crippen LogP contribution in [0, 0.1) is 0 Å². The van der Waals surface area contributed by atoms with Crippen molar-refractivity contribution >= 4 is 17.5 Å². The molecule has 0 aliphatic carbocycles. The topological polar surface area (TPSA) is 46.9 Å². The van der Waals surface area contributed by atoms with Crippen molar-refractivity contribution in [2.45, 2.75) is 32.2 Å². The summed E-state index contributed by atoms with van der Waals surface area (Å²) in [4.78, 5) is 11.9. The van der Waals surface area contributed by atoms with Crippen molar-refractivity contribution in [3.63, 3.8) is 0 Å². The van der Waals surface area contributed by atoms with Crippen LogP contribution in [-0.2, 0) is 24.7 Å². The van der Waals surface area contributed by atoms with Crippen molar-refractivity contribution in [1.82, 2.24) is 15.1 Å². The van der Waals surface area contributed by atoms with E-state index >= 15 is 0 Å². The van der Waals surface area contributed by atoms with Gasteiger partial charge < -0.3 is 5.32 Å². The van der Waals surface area contributed by atoms with Gasteiger partial charge in [-0.25, -0.2) is 0 Å². The molecule has 0 fully saturated rings. The molecule has 1 N–H and O–H groups in total. The summed E-state index contributed by atoms with van der Waals surface area (Å²) in [6, 6.07) is 7.81. The van der Waals surface area contributed by atoms with Crippen LogP contribution < -0.4 is 5.32 Å². The van der Waals surface area contributed by atoms with Crippen LogP contribution in [0.15, 0.2) is 36.7 Å². The predicted molar refractivity (Wildman–Crippen MR) is 84.3 cm³/mol. The second-order valence-corrected chi connectivity index (χ2v) is 5.76. The summed E-state index contributed by atoms with van der Waals surface area (Å²) >= 11 is 5.96. The molecule has 0 aliphatic rings. The van der Waals surface area contributed by atoms with Gasteiger partial charge in [0, 0.05) is 30.7 Å². The van der Waals surface area contributed by atoms with Gasteiger partial charge in [0.05, 0.1) is 6.20 Å². The van der Waals surface area contributed by atoms with Crippen LogP contribution in [0.5, 0.6) is 0 Å². The van der Waals surface area contributed by atoms with Gasteiger partial charge in [-0.1, -0.05) is 23.7 Å². The third kappa shape index (κ3) is 5.23. The van der Waals surface area contributed by atoms with Gasteiger partial charge >= 0.3 is 0 Å². The summed E-state index contributed by atoms with van der Waals surface area (Å²) in [6.07, 6.45) is 5.69. The Kier molecular flexibility index (Phi) is 5.39. The molecule has 2 aromatic rings. The molecule has 2 rings (SSSR count). The second-order valence-electron chi connectivity index (χ2n) is 5.32. The number of aromatic nitrogens is 2. The minimum Gasteiger partial charge on any atom is -0.353 e. The summed E-state index contributed by atoms with van der Waals surface area (Å²) in [5, 5.41) is 7.83. The number of rotatable bonds is 6. The summed E-state index contributed by atoms with van der Waals surface area (Å²) in [7, 11) is 1.87. The summed E-state index contributed by atoms with van der Waals surface area (Å²) in [6.45, 7) is 2.00. The first-order valence-electron chi connectivity index (χ1n) is 7.04. The van der Waals surface area contributed by atoms with Crippen LogP contribution in [0.3, 0.4) is 0 Å². The van der Waals surface area contributed by atoms with Crippen LogP contribution in [0.1, 0.15) is 24.5 Å². The maximum atomic E-state index is 11.9. The van der Waals surface area contributed by atoms with Crippen molar-refractivity contribution in [2.24, 2.45) is 7.05 Å². The number of nitrogens with one attached hydrogen (secondary N) is 1. The maximum Gasteiger partial charge on any atom is 0.220 e. The van der Waals surface area contributed by atoms with Crippen LogP contribution in [-0.4, -0.2) is 21.7 Å². The first-order chi connectivity index (χ1) is 10.0. The van der Waals surface area contributed by atoms with Gasteiger partial charge in [0.25, 0.3) is 0 Å². The Morgan fingerprint density at radius 1 is 1.43 bits per heavy atom. The Morgan fingerprint density at radius 3 is 2.90 bits per heavy atom. The van der Waals surface area contributed by atoms with E-state index < -0.39 is 0 Å². The quantitative estimate of drug-likeness (QED) is 0.892. The molecule has 1 aromatic carbocycles. The van der Waals surface area contributed by atoms with Crippen molar-refractivity contribution in [3.05, 3.63) is 52.8 Å². The number of carbonyl (C=O) groups is 1. The molecule has 1 heterocycles. The van der Waals surface area contributed by atoms with Gasteiger partial charge in [-0.05, 0) is 43.0 Å². The first-order valence-corrected chi connectivity index (χ1v) is 7.42. The minimum absolute atomic E-state index is 0.0633. The number of benzene rings is 1. The SMILES string of the molecule is CC(Cc1cccc(Cl)c1)NC(=O)CCc1cnn(C)c1. The van der Waals surface area contributed by atoms with Crippen LogP contribution in [0.25, 0.3) is 0 Å². The van der Waals surface area contributed by atoms with Crippen molar-refractivity contribution in [2.75, 3.05) is 0 Å². The zero-order chi connectivity index (χ0) is 15.2. The standard InChI is InChI=1S/C16H20ClN3O/c1-12(8-13-4-3-5-15(17)9-13)19-16(21)7-6-14-10-18-20(2)11-14/h3-5,9-12H,6-8H2,1-2H3,(H,19,21). The molecule has 112 valence electrons. The highest BCUT2D eigenvalue weighted by molar-refractivity contribution is 6.30. The van der Waals surface area contributed by atoms with E-state index in [1.807, 2.05) is 44.4 Å². The Balaban J connectivity index is 1.76. The van der Waals surface area contributed by atoms with Crippen LogP contribution >= 0.6 is 11.6 Å². The fourth-order valence-corrected chi connectivity index (χ4v) is 2.49. The molecular formula is C16H20ClN3O. The number of hydrogen-bond acceptors (Lipinski definition) is 2. The van der Waals surface area contributed by atoms with E-state index in [1.165, 1.54) is 0 Å². The molecule has 0 radical (unpaired) electrons. The molecule has 1 aromatic heterocycles. The van der Waals surface area contributed by atoms with Gasteiger partial charge in [-0.15, -0.1) is 0 Å². The Labute approximate surface area is 130 Å². The average molecular weight is 306 g/mol. The highest BCUT2D eigenvalue weighted by atomic mass is 35.5. The van der Waals surface area contributed by atoms with E-state index in [9.17, 15) is 4.79 Å². The van der Waals surface area contributed by atoms with E-state index in [-0.39, 0.29) is 11.9 Å². The van der Waals surface area contributed by atoms with E-state index in [0.29, 0.717) is 12.8 Å². The van der Waals surface area contributed by atoms with Crippen molar-refractivity contribution in [3.8, 4) is 0 Å². The Hall–Kier alpha value is -1.81. The summed E-state index contributed by atoms with van der Waals surface area (Å²) < 4.78 is 1.75. The van der Waals surface area contributed by atoms with Gasteiger partial charge in [0.2, 0.25) is 5.91 Å². The number of halogens is 1. The third-order valence-electron chi connectivity index (χ3n) is 3.24. The molecule has 0 saturated heterocycles. The third-order valence-corrected chi connectivity index (χ3v) is 3.47. The molecule has 0 spiro atoms. The number of nitrogens with zero attached hydrogens (tertiary/aromatic N) is 2. The van der Waals surface area contributed by atoms with Gasteiger partial charge in [0.15, 0.2) is 0 Å². The Bertz CT molecular complexity index is 609. The van der Waals surface area contributed by atoms with Gasteiger partial charge in [-0.3, -0.25) is 9.48 Å². The molecule has 0 bridgehead atoms. The highest BCUT2D eigenvalue weighted by Gasteiger charge is 2.09. The highest BCUT2D eigenvalue weighted by Crippen LogP contribution is 2.12. The van der Waals surface area contributed by atoms with Gasteiger partial charge in [-0.2, -0.15) is 5.10 Å². The average Bonchev–Trinajstić information content (AvgIpc) is 2.82. The van der Waals surface area contributed by atoms with E-state index in [0.717, 1.165) is 22.6 Å². The second kappa shape index (κ2) is 7.27. The van der Waals surface area contributed by atoms with Crippen LogP contribution in [0.4, 0.5) is 0 Å². The lowest BCUT2D eigenvalue weighted by atomic mass is 10.1. The lowest BCUT2D eigenvalue weighted by Gasteiger charge is -2.14. The monoisotopic (exact) mass is 305 g/mol. The number of amides is 1. The fraction of sp³-hybridized carbons (Fsp3) is 0.375. The van der Waals surface area contributed by atoms with Crippen molar-refractivity contribution < 1.29 is 4.79 Å². The summed E-state index contributed by atoms with van der Waals surface area (Å²) in [5.41, 5.74) is 2.21. The smallest absolute Gasteiger partial charge is 0.220 e. The van der Waals surface area contributed by atoms with Crippen molar-refractivity contribution in [1.29, 1.82) is 0 Å². The van der Waals surface area contributed by atoms with E-state index in [2.05, 4.69) is 10.4 Å². The maximum absolute atomic E-state index is 11.9. The van der Waals surface area contributed by atoms with E-state index in [1.54, 1.807) is 10.9 Å². The fourth-order valence-electron chi connectivity index (χ4n) is 2.27. The lowest BCUT2D eigenvalue weighted by Crippen LogP contribution is -2.34. The molecule has 21 heavy (non-hydrogen) atoms. The largest absolute Gasteiger partial charge is 0.353 e. The zero-order valence-corrected chi connectivity index (χ0v) is 13.1. The molecule has 0 saturated carbocycles. The molecular weight excluding hydrogens is 286 g/mol. The predicted octanol–water partition coefficient (Wildman–Crippen LogP) is 2.75. The van der Waals surface area contributed by atoms with E-state index in [4.69, 9.17) is 11.6 Å². The number of aryl methyl sites for hydroxylation is 2.